The molecule has 0 radical (unpaired) electrons. The topological polar surface area (TPSA) is 125 Å². The van der Waals surface area contributed by atoms with Crippen LogP contribution in [0.2, 0.25) is 0 Å². The minimum Gasteiger partial charge on any atom is -0.481 e. The van der Waals surface area contributed by atoms with E-state index in [1.807, 2.05) is 0 Å². The van der Waals surface area contributed by atoms with Crippen LogP contribution in [0.15, 0.2) is 43.0 Å². The van der Waals surface area contributed by atoms with E-state index in [-0.39, 0.29) is 11.4 Å². The van der Waals surface area contributed by atoms with Crippen molar-refractivity contribution in [3.8, 4) is 5.75 Å². The molecule has 0 aliphatic carbocycles. The van der Waals surface area contributed by atoms with Crippen molar-refractivity contribution in [1.82, 2.24) is 9.55 Å². The highest BCUT2D eigenvalue weighted by Gasteiger charge is 2.42. The quantitative estimate of drug-likeness (QED) is 0.467. The fourth-order valence-corrected chi connectivity index (χ4v) is 1.85. The van der Waals surface area contributed by atoms with Gasteiger partial charge in [-0.05, 0) is 26.0 Å². The molecule has 1 unspecified atom stereocenters. The largest absolute Gasteiger partial charge is 0.481 e. The molecule has 0 saturated heterocycles. The highest BCUT2D eigenvalue weighted by atomic mass is 16.6. The number of carboxylic acids is 1. The lowest BCUT2D eigenvalue weighted by Crippen LogP contribution is -2.40. The average molecular weight is 333 g/mol. The molecule has 24 heavy (non-hydrogen) atoms. The van der Waals surface area contributed by atoms with Gasteiger partial charge in [0.25, 0.3) is 5.69 Å². The molecule has 126 valence electrons. The molecule has 0 saturated carbocycles. The molecular weight excluding hydrogens is 318 g/mol. The van der Waals surface area contributed by atoms with Crippen molar-refractivity contribution < 1.29 is 24.4 Å². The highest BCUT2D eigenvalue weighted by molar-refractivity contribution is 6.03. The van der Waals surface area contributed by atoms with Gasteiger partial charge in [-0.2, -0.15) is 0 Å². The first-order valence-electron chi connectivity index (χ1n) is 6.89. The number of aliphatic carboxylic acids is 1. The summed E-state index contributed by atoms with van der Waals surface area (Å²) in [5, 5.41) is 19.9. The Morgan fingerprint density at radius 3 is 2.42 bits per heavy atom. The predicted octanol–water partition coefficient (Wildman–Crippen LogP) is 2.05. The average Bonchev–Trinajstić information content (AvgIpc) is 3.06. The van der Waals surface area contributed by atoms with E-state index in [9.17, 15) is 24.8 Å². The molecule has 1 N–H and O–H groups in total. The van der Waals surface area contributed by atoms with Gasteiger partial charge in [0.05, 0.1) is 11.3 Å². The van der Waals surface area contributed by atoms with E-state index >= 15 is 0 Å². The van der Waals surface area contributed by atoms with Crippen molar-refractivity contribution in [3.63, 3.8) is 0 Å². The minimum absolute atomic E-state index is 0.126. The molecule has 1 aromatic heterocycles. The number of nitro benzene ring substituents is 1. The van der Waals surface area contributed by atoms with Crippen molar-refractivity contribution in [2.24, 2.45) is 5.41 Å². The Morgan fingerprint density at radius 1 is 1.33 bits per heavy atom. The van der Waals surface area contributed by atoms with Crippen molar-refractivity contribution in [1.29, 1.82) is 0 Å². The summed E-state index contributed by atoms with van der Waals surface area (Å²) in [5.74, 6) is -1.79. The first kappa shape index (κ1) is 17.1. The summed E-state index contributed by atoms with van der Waals surface area (Å²) in [7, 11) is 0. The van der Waals surface area contributed by atoms with Crippen LogP contribution in [0.1, 0.15) is 20.1 Å². The Hall–Kier alpha value is -3.23. The number of hydrogen-bond donors (Lipinski definition) is 1. The first-order chi connectivity index (χ1) is 11.2. The standard InChI is InChI=1S/C15H15N3O6/c1-15(2,14(20)21)12(19)13(17-8-7-16-9-17)24-11-5-3-10(4-6-11)18(22)23/h3-9,13H,1-2H3,(H,20,21). The number of nitrogens with zero attached hydrogens (tertiary/aromatic N) is 3. The lowest BCUT2D eigenvalue weighted by atomic mass is 9.87. The van der Waals surface area contributed by atoms with Crippen molar-refractivity contribution in [3.05, 3.63) is 53.1 Å². The molecule has 0 fully saturated rings. The Kier molecular flexibility index (Phi) is 4.63. The SMILES string of the molecule is CC(C)(C(=O)O)C(=O)C(Oc1ccc([N+](=O)[O-])cc1)n1ccnc1. The van der Waals surface area contributed by atoms with Crippen LogP contribution in [0.3, 0.4) is 0 Å². The summed E-state index contributed by atoms with van der Waals surface area (Å²) in [6.45, 7) is 2.56. The summed E-state index contributed by atoms with van der Waals surface area (Å²) in [5.41, 5.74) is -1.81. The van der Waals surface area contributed by atoms with Gasteiger partial charge in [0.15, 0.2) is 0 Å². The fourth-order valence-electron chi connectivity index (χ4n) is 1.85. The third-order valence-electron chi connectivity index (χ3n) is 3.47. The van der Waals surface area contributed by atoms with Crippen molar-refractivity contribution in [2.75, 3.05) is 0 Å². The molecule has 0 aliphatic rings. The lowest BCUT2D eigenvalue weighted by Gasteiger charge is -2.26. The summed E-state index contributed by atoms with van der Waals surface area (Å²) in [6.07, 6.45) is 2.95. The molecule has 9 nitrogen and oxygen atoms in total. The van der Waals surface area contributed by atoms with E-state index in [4.69, 9.17) is 4.74 Å². The van der Waals surface area contributed by atoms with E-state index in [2.05, 4.69) is 4.98 Å². The normalized spacial score (nSPS) is 12.4. The van der Waals surface area contributed by atoms with E-state index in [0.717, 1.165) is 0 Å². The molecule has 9 heteroatoms. The van der Waals surface area contributed by atoms with Crippen LogP contribution in [0.4, 0.5) is 5.69 Å². The van der Waals surface area contributed by atoms with Gasteiger partial charge in [0.2, 0.25) is 12.0 Å². The summed E-state index contributed by atoms with van der Waals surface area (Å²) < 4.78 is 6.91. The number of carbonyl (C=O) groups is 2. The van der Waals surface area contributed by atoms with Crippen molar-refractivity contribution >= 4 is 17.4 Å². The van der Waals surface area contributed by atoms with Gasteiger partial charge in [-0.1, -0.05) is 0 Å². The van der Waals surface area contributed by atoms with Gasteiger partial charge < -0.3 is 9.84 Å². The number of rotatable bonds is 7. The number of aromatic nitrogens is 2. The van der Waals surface area contributed by atoms with Crippen LogP contribution in [-0.4, -0.2) is 31.3 Å². The van der Waals surface area contributed by atoms with Crippen LogP contribution in [0.25, 0.3) is 0 Å². The van der Waals surface area contributed by atoms with Gasteiger partial charge in [-0.3, -0.25) is 24.3 Å². The number of Topliss-reactive ketones (excluding diaryl/α,β-unsaturated/α-hetero) is 1. The summed E-state index contributed by atoms with van der Waals surface area (Å²) in [4.78, 5) is 37.9. The van der Waals surface area contributed by atoms with Gasteiger partial charge >= 0.3 is 5.97 Å². The number of non-ortho nitro benzene ring substituents is 1. The molecule has 1 atom stereocenters. The minimum atomic E-state index is -1.68. The maximum Gasteiger partial charge on any atom is 0.316 e. The smallest absolute Gasteiger partial charge is 0.316 e. The van der Waals surface area contributed by atoms with Crippen LogP contribution in [-0.2, 0) is 9.59 Å². The molecular formula is C15H15N3O6. The van der Waals surface area contributed by atoms with Gasteiger partial charge in [-0.25, -0.2) is 4.98 Å². The van der Waals surface area contributed by atoms with Crippen molar-refractivity contribution in [2.45, 2.75) is 20.1 Å². The molecule has 0 bridgehead atoms. The number of ketones is 1. The molecule has 0 aliphatic heterocycles. The van der Waals surface area contributed by atoms with Crippen LogP contribution < -0.4 is 4.74 Å². The number of benzene rings is 1. The van der Waals surface area contributed by atoms with E-state index in [1.54, 1.807) is 0 Å². The van der Waals surface area contributed by atoms with Crippen LogP contribution >= 0.6 is 0 Å². The number of ether oxygens (including phenoxy) is 1. The number of carbonyl (C=O) groups excluding carboxylic acids is 1. The molecule has 2 aromatic rings. The fraction of sp³-hybridized carbons (Fsp3) is 0.267. The summed E-state index contributed by atoms with van der Waals surface area (Å²) in [6, 6.07) is 5.13. The van der Waals surface area contributed by atoms with E-state index < -0.39 is 28.3 Å². The second-order valence-corrected chi connectivity index (χ2v) is 5.53. The number of hydrogen-bond acceptors (Lipinski definition) is 6. The molecule has 1 heterocycles. The maximum absolute atomic E-state index is 12.6. The monoisotopic (exact) mass is 333 g/mol. The highest BCUT2D eigenvalue weighted by Crippen LogP contribution is 2.28. The second kappa shape index (κ2) is 6.49. The lowest BCUT2D eigenvalue weighted by molar-refractivity contribution is -0.384. The summed E-state index contributed by atoms with van der Waals surface area (Å²) >= 11 is 0. The zero-order valence-electron chi connectivity index (χ0n) is 12.9. The molecule has 1 aromatic carbocycles. The third-order valence-corrected chi connectivity index (χ3v) is 3.47. The molecule has 2 rings (SSSR count). The maximum atomic E-state index is 12.6. The van der Waals surface area contributed by atoms with E-state index in [1.165, 1.54) is 61.4 Å². The van der Waals surface area contributed by atoms with E-state index in [0.29, 0.717) is 0 Å². The molecule has 0 spiro atoms. The van der Waals surface area contributed by atoms with Gasteiger partial charge in [-0.15, -0.1) is 0 Å². The number of imidazole rings is 1. The zero-order valence-corrected chi connectivity index (χ0v) is 12.9. The molecule has 0 amide bonds. The number of carboxylic acid groups (broad SMARTS) is 1. The Balaban J connectivity index is 2.33. The predicted molar refractivity (Wildman–Crippen MR) is 81.4 cm³/mol. The first-order valence-corrected chi connectivity index (χ1v) is 6.89. The Labute approximate surface area is 136 Å². The zero-order chi connectivity index (χ0) is 17.9. The Bertz CT molecular complexity index is 752. The third kappa shape index (κ3) is 3.40. The van der Waals surface area contributed by atoms with Crippen LogP contribution in [0, 0.1) is 15.5 Å². The second-order valence-electron chi connectivity index (χ2n) is 5.53. The van der Waals surface area contributed by atoms with Crippen LogP contribution in [0.5, 0.6) is 5.75 Å². The van der Waals surface area contributed by atoms with Gasteiger partial charge in [0.1, 0.15) is 11.2 Å². The van der Waals surface area contributed by atoms with Gasteiger partial charge in [0, 0.05) is 24.5 Å². The number of nitro groups is 1. The Morgan fingerprint density at radius 2 is 1.96 bits per heavy atom.